The highest BCUT2D eigenvalue weighted by Gasteiger charge is 2.11. The normalized spacial score (nSPS) is 9.67. The second kappa shape index (κ2) is 7.14. The van der Waals surface area contributed by atoms with Crippen LogP contribution in [-0.2, 0) is 0 Å². The summed E-state index contributed by atoms with van der Waals surface area (Å²) < 4.78 is 5.17. The van der Waals surface area contributed by atoms with E-state index in [1.165, 1.54) is 18.4 Å². The summed E-state index contributed by atoms with van der Waals surface area (Å²) >= 11 is 7.26. The summed E-state index contributed by atoms with van der Waals surface area (Å²) in [5.74, 6) is 5.55. The maximum Gasteiger partial charge on any atom is 0.256 e. The second-order valence-corrected chi connectivity index (χ2v) is 5.31. The van der Waals surface area contributed by atoms with E-state index in [-0.39, 0.29) is 12.5 Å². The van der Waals surface area contributed by atoms with Crippen molar-refractivity contribution in [3.8, 4) is 17.6 Å². The largest absolute Gasteiger partial charge is 0.495 e. The third kappa shape index (κ3) is 3.99. The number of hydrogen-bond acceptors (Lipinski definition) is 4. The molecule has 1 aromatic heterocycles. The number of aliphatic hydroxyl groups is 1. The Hall–Kier alpha value is -2.00. The fourth-order valence-electron chi connectivity index (χ4n) is 1.62. The van der Waals surface area contributed by atoms with Gasteiger partial charge in [0.2, 0.25) is 0 Å². The summed E-state index contributed by atoms with van der Waals surface area (Å²) in [4.78, 5) is 12.9. The van der Waals surface area contributed by atoms with Gasteiger partial charge in [0.15, 0.2) is 0 Å². The molecule has 0 bridgehead atoms. The van der Waals surface area contributed by atoms with E-state index in [1.54, 1.807) is 29.6 Å². The van der Waals surface area contributed by atoms with E-state index in [1.807, 2.05) is 0 Å². The summed E-state index contributed by atoms with van der Waals surface area (Å²) in [7, 11) is 1.52. The minimum Gasteiger partial charge on any atom is -0.495 e. The van der Waals surface area contributed by atoms with Gasteiger partial charge in [0.05, 0.1) is 23.2 Å². The predicted molar refractivity (Wildman–Crippen MR) is 84.2 cm³/mol. The first-order valence-electron chi connectivity index (χ1n) is 5.97. The molecular formula is C15H12ClNO3S. The summed E-state index contributed by atoms with van der Waals surface area (Å²) in [5.41, 5.74) is 0.994. The van der Waals surface area contributed by atoms with Gasteiger partial charge in [-0.2, -0.15) is 0 Å². The van der Waals surface area contributed by atoms with Crippen LogP contribution in [-0.4, -0.2) is 24.7 Å². The van der Waals surface area contributed by atoms with Crippen LogP contribution < -0.4 is 10.1 Å². The Kier molecular flexibility index (Phi) is 5.23. The molecule has 1 aromatic carbocycles. The number of methoxy groups -OCH3 is 1. The highest BCUT2D eigenvalue weighted by molar-refractivity contribution is 7.10. The number of benzene rings is 1. The Morgan fingerprint density at radius 1 is 1.48 bits per heavy atom. The molecule has 0 radical (unpaired) electrons. The molecule has 1 heterocycles. The topological polar surface area (TPSA) is 58.6 Å². The van der Waals surface area contributed by atoms with Gasteiger partial charge >= 0.3 is 0 Å². The number of carbonyl (C=O) groups is 1. The van der Waals surface area contributed by atoms with Crippen molar-refractivity contribution in [2.24, 2.45) is 0 Å². The molecule has 4 nitrogen and oxygen atoms in total. The van der Waals surface area contributed by atoms with Crippen LogP contribution >= 0.6 is 22.9 Å². The van der Waals surface area contributed by atoms with Crippen molar-refractivity contribution >= 4 is 34.5 Å². The van der Waals surface area contributed by atoms with Crippen molar-refractivity contribution in [2.75, 3.05) is 19.0 Å². The molecule has 0 aliphatic carbocycles. The van der Waals surface area contributed by atoms with E-state index in [2.05, 4.69) is 17.2 Å². The van der Waals surface area contributed by atoms with Crippen LogP contribution in [0.2, 0.25) is 5.02 Å². The van der Waals surface area contributed by atoms with E-state index < -0.39 is 0 Å². The van der Waals surface area contributed by atoms with Crippen molar-refractivity contribution in [3.05, 3.63) is 45.1 Å². The van der Waals surface area contributed by atoms with Crippen LogP contribution in [0.5, 0.6) is 5.75 Å². The first kappa shape index (κ1) is 15.4. The van der Waals surface area contributed by atoms with Crippen molar-refractivity contribution in [3.63, 3.8) is 0 Å². The second-order valence-electron chi connectivity index (χ2n) is 3.96. The fraction of sp³-hybridized carbons (Fsp3) is 0.133. The van der Waals surface area contributed by atoms with Crippen molar-refractivity contribution < 1.29 is 14.6 Å². The standard InChI is InChI=1S/C15H12ClNO3S/c1-20-14-5-4-11(16)8-13(14)17-15(19)10-7-12(21-9-10)3-2-6-18/h4-5,7-9,18H,6H2,1H3,(H,17,19). The zero-order chi connectivity index (χ0) is 15.2. The zero-order valence-electron chi connectivity index (χ0n) is 11.1. The van der Waals surface area contributed by atoms with E-state index >= 15 is 0 Å². The Morgan fingerprint density at radius 3 is 3.00 bits per heavy atom. The highest BCUT2D eigenvalue weighted by Crippen LogP contribution is 2.28. The minimum atomic E-state index is -0.274. The average Bonchev–Trinajstić information content (AvgIpc) is 2.94. The van der Waals surface area contributed by atoms with Crippen LogP contribution in [0, 0.1) is 11.8 Å². The zero-order valence-corrected chi connectivity index (χ0v) is 12.7. The molecule has 2 rings (SSSR count). The van der Waals surface area contributed by atoms with Crippen LogP contribution in [0.1, 0.15) is 15.2 Å². The number of rotatable bonds is 3. The molecule has 0 fully saturated rings. The Bertz CT molecular complexity index is 715. The van der Waals surface area contributed by atoms with Crippen LogP contribution in [0.25, 0.3) is 0 Å². The van der Waals surface area contributed by atoms with Crippen molar-refractivity contribution in [1.82, 2.24) is 0 Å². The van der Waals surface area contributed by atoms with Gasteiger partial charge in [-0.25, -0.2) is 0 Å². The summed E-state index contributed by atoms with van der Waals surface area (Å²) in [6.07, 6.45) is 0. The number of aliphatic hydroxyl groups excluding tert-OH is 1. The first-order chi connectivity index (χ1) is 10.1. The van der Waals surface area contributed by atoms with Gasteiger partial charge in [0.25, 0.3) is 5.91 Å². The SMILES string of the molecule is COc1ccc(Cl)cc1NC(=O)c1csc(C#CCO)c1. The summed E-state index contributed by atoms with van der Waals surface area (Å²) in [6, 6.07) is 6.66. The van der Waals surface area contributed by atoms with E-state index in [9.17, 15) is 4.79 Å². The molecule has 6 heteroatoms. The smallest absolute Gasteiger partial charge is 0.256 e. The van der Waals surface area contributed by atoms with Crippen molar-refractivity contribution in [2.45, 2.75) is 0 Å². The molecule has 1 amide bonds. The number of hydrogen-bond donors (Lipinski definition) is 2. The monoisotopic (exact) mass is 321 g/mol. The minimum absolute atomic E-state index is 0.209. The molecule has 0 atom stereocenters. The summed E-state index contributed by atoms with van der Waals surface area (Å²) in [6.45, 7) is -0.209. The molecule has 0 saturated heterocycles. The molecule has 0 aliphatic heterocycles. The molecule has 0 unspecified atom stereocenters. The lowest BCUT2D eigenvalue weighted by atomic mass is 10.2. The van der Waals surface area contributed by atoms with Gasteiger partial charge < -0.3 is 15.2 Å². The quantitative estimate of drug-likeness (QED) is 0.854. The predicted octanol–water partition coefficient (Wildman–Crippen LogP) is 3.01. The molecule has 0 saturated carbocycles. The van der Waals surface area contributed by atoms with Gasteiger partial charge in [-0.3, -0.25) is 4.79 Å². The Morgan fingerprint density at radius 2 is 2.29 bits per heavy atom. The van der Waals surface area contributed by atoms with Gasteiger partial charge in [0.1, 0.15) is 12.4 Å². The lowest BCUT2D eigenvalue weighted by molar-refractivity contribution is 0.102. The van der Waals surface area contributed by atoms with E-state index in [0.29, 0.717) is 26.9 Å². The number of carbonyl (C=O) groups excluding carboxylic acids is 1. The average molecular weight is 322 g/mol. The first-order valence-corrected chi connectivity index (χ1v) is 7.23. The number of nitrogens with one attached hydrogen (secondary N) is 1. The summed E-state index contributed by atoms with van der Waals surface area (Å²) in [5, 5.41) is 13.6. The van der Waals surface area contributed by atoms with Gasteiger partial charge in [-0.1, -0.05) is 23.4 Å². The third-order valence-electron chi connectivity index (χ3n) is 2.56. The molecule has 0 spiro atoms. The number of thiophene rings is 1. The molecule has 21 heavy (non-hydrogen) atoms. The maximum absolute atomic E-state index is 12.2. The number of amides is 1. The van der Waals surface area contributed by atoms with Crippen molar-refractivity contribution in [1.29, 1.82) is 0 Å². The van der Waals surface area contributed by atoms with E-state index in [4.69, 9.17) is 21.4 Å². The molecule has 0 aliphatic rings. The lowest BCUT2D eigenvalue weighted by Gasteiger charge is -2.09. The number of anilines is 1. The third-order valence-corrected chi connectivity index (χ3v) is 3.64. The molecule has 2 N–H and O–H groups in total. The molecule has 108 valence electrons. The van der Waals surface area contributed by atoms with Crippen LogP contribution in [0.3, 0.4) is 0 Å². The van der Waals surface area contributed by atoms with Gasteiger partial charge in [-0.15, -0.1) is 11.3 Å². The van der Waals surface area contributed by atoms with E-state index in [0.717, 1.165) is 0 Å². The van der Waals surface area contributed by atoms with Gasteiger partial charge in [-0.05, 0) is 24.3 Å². The van der Waals surface area contributed by atoms with Crippen LogP contribution in [0.15, 0.2) is 29.6 Å². The van der Waals surface area contributed by atoms with Crippen LogP contribution in [0.4, 0.5) is 5.69 Å². The highest BCUT2D eigenvalue weighted by atomic mass is 35.5. The molecule has 2 aromatic rings. The molecular weight excluding hydrogens is 310 g/mol. The lowest BCUT2D eigenvalue weighted by Crippen LogP contribution is -2.11. The Balaban J connectivity index is 2.18. The number of ether oxygens (including phenoxy) is 1. The Labute approximate surface area is 131 Å². The van der Waals surface area contributed by atoms with Gasteiger partial charge in [0, 0.05) is 10.4 Å². The maximum atomic E-state index is 12.2. The fourth-order valence-corrected chi connectivity index (χ4v) is 2.55. The number of halogens is 1.